The molecule has 134 valence electrons. The zero-order valence-corrected chi connectivity index (χ0v) is 16.4. The second-order valence-electron chi connectivity index (χ2n) is 7.09. The van der Waals surface area contributed by atoms with E-state index in [2.05, 4.69) is 20.3 Å². The lowest BCUT2D eigenvalue weighted by Crippen LogP contribution is -2.41. The Morgan fingerprint density at radius 2 is 1.88 bits per heavy atom. The molecule has 2 aromatic rings. The van der Waals surface area contributed by atoms with Gasteiger partial charge < -0.3 is 19.6 Å². The summed E-state index contributed by atoms with van der Waals surface area (Å²) in [6.45, 7) is 8.73. The summed E-state index contributed by atoms with van der Waals surface area (Å²) < 4.78 is 12.3. The molecule has 3 rings (SSSR count). The predicted molar refractivity (Wildman–Crippen MR) is 102 cm³/mol. The predicted octanol–water partition coefficient (Wildman–Crippen LogP) is 3.50. The van der Waals surface area contributed by atoms with Crippen molar-refractivity contribution in [2.45, 2.75) is 38.9 Å². The van der Waals surface area contributed by atoms with Crippen LogP contribution in [-0.2, 0) is 9.31 Å². The lowest BCUT2D eigenvalue weighted by molar-refractivity contribution is 0.00578. The molecule has 2 N–H and O–H groups in total. The molecule has 0 atom stereocenters. The van der Waals surface area contributed by atoms with Gasteiger partial charge in [-0.2, -0.15) is 4.98 Å². The number of nitrogens with zero attached hydrogens (tertiary/aromatic N) is 2. The van der Waals surface area contributed by atoms with E-state index in [1.165, 1.54) is 0 Å². The Labute approximate surface area is 157 Å². The van der Waals surface area contributed by atoms with Crippen molar-refractivity contribution in [2.75, 3.05) is 13.6 Å². The summed E-state index contributed by atoms with van der Waals surface area (Å²) >= 11 is 12.1. The molecule has 25 heavy (non-hydrogen) atoms. The van der Waals surface area contributed by atoms with Crippen LogP contribution >= 0.6 is 23.2 Å². The molecule has 0 aromatic carbocycles. The molecule has 2 aromatic heterocycles. The molecule has 0 unspecified atom stereocenters. The third-order valence-electron chi connectivity index (χ3n) is 4.77. The van der Waals surface area contributed by atoms with Crippen LogP contribution in [0, 0.1) is 0 Å². The number of halogens is 2. The van der Waals surface area contributed by atoms with Gasteiger partial charge in [0.1, 0.15) is 10.8 Å². The SMILES string of the molecule is CNCC(=Cc1c[nH]c2nc(Cl)nc(Cl)c12)B1OC(C)(C)C(C)(C)O1. The average molecular weight is 383 g/mol. The van der Waals surface area contributed by atoms with Crippen LogP contribution in [-0.4, -0.2) is 46.9 Å². The fourth-order valence-electron chi connectivity index (χ4n) is 2.70. The Kier molecular flexibility index (Phi) is 4.90. The molecule has 0 spiro atoms. The van der Waals surface area contributed by atoms with Crippen molar-refractivity contribution >= 4 is 47.4 Å². The molecule has 0 bridgehead atoms. The number of fused-ring (bicyclic) bond motifs is 1. The highest BCUT2D eigenvalue weighted by molar-refractivity contribution is 6.56. The van der Waals surface area contributed by atoms with Gasteiger partial charge in [-0.3, -0.25) is 0 Å². The highest BCUT2D eigenvalue weighted by Gasteiger charge is 2.52. The Balaban J connectivity index is 2.02. The van der Waals surface area contributed by atoms with E-state index >= 15 is 0 Å². The Hall–Kier alpha value is -1.12. The third-order valence-corrected chi connectivity index (χ3v) is 5.21. The number of rotatable bonds is 4. The molecule has 1 saturated heterocycles. The normalized spacial score (nSPS) is 19.8. The van der Waals surface area contributed by atoms with E-state index in [1.807, 2.05) is 47.0 Å². The Morgan fingerprint density at radius 1 is 1.24 bits per heavy atom. The maximum Gasteiger partial charge on any atom is 0.491 e. The van der Waals surface area contributed by atoms with E-state index < -0.39 is 18.3 Å². The van der Waals surface area contributed by atoms with Crippen LogP contribution in [0.15, 0.2) is 11.7 Å². The van der Waals surface area contributed by atoms with Crippen LogP contribution in [0.5, 0.6) is 0 Å². The van der Waals surface area contributed by atoms with Crippen molar-refractivity contribution in [3.05, 3.63) is 27.7 Å². The second-order valence-corrected chi connectivity index (χ2v) is 7.78. The highest BCUT2D eigenvalue weighted by Crippen LogP contribution is 2.39. The van der Waals surface area contributed by atoms with Gasteiger partial charge in [-0.15, -0.1) is 0 Å². The third kappa shape index (κ3) is 3.44. The smallest absolute Gasteiger partial charge is 0.400 e. The molecule has 6 nitrogen and oxygen atoms in total. The maximum absolute atomic E-state index is 6.26. The van der Waals surface area contributed by atoms with Crippen molar-refractivity contribution in [1.29, 1.82) is 0 Å². The Morgan fingerprint density at radius 3 is 2.48 bits per heavy atom. The number of aromatic amines is 1. The van der Waals surface area contributed by atoms with Crippen LogP contribution in [0.25, 0.3) is 17.1 Å². The van der Waals surface area contributed by atoms with Crippen LogP contribution < -0.4 is 5.32 Å². The largest absolute Gasteiger partial charge is 0.491 e. The number of aromatic nitrogens is 3. The van der Waals surface area contributed by atoms with Gasteiger partial charge in [-0.05, 0) is 51.8 Å². The van der Waals surface area contributed by atoms with Gasteiger partial charge in [0, 0.05) is 18.3 Å². The second kappa shape index (κ2) is 6.56. The fourth-order valence-corrected chi connectivity index (χ4v) is 3.19. The van der Waals surface area contributed by atoms with Gasteiger partial charge in [-0.25, -0.2) is 4.98 Å². The van der Waals surface area contributed by atoms with Crippen molar-refractivity contribution in [3.63, 3.8) is 0 Å². The zero-order valence-electron chi connectivity index (χ0n) is 14.9. The molecule has 3 heterocycles. The molecular formula is C16H21BCl2N4O2. The van der Waals surface area contributed by atoms with Gasteiger partial charge in [-0.1, -0.05) is 17.7 Å². The Bertz CT molecular complexity index is 819. The number of nitrogens with one attached hydrogen (secondary N) is 2. The van der Waals surface area contributed by atoms with Gasteiger partial charge in [0.05, 0.1) is 16.6 Å². The van der Waals surface area contributed by atoms with E-state index in [1.54, 1.807) is 0 Å². The quantitative estimate of drug-likeness (QED) is 0.481. The molecular weight excluding hydrogens is 362 g/mol. The number of hydrogen-bond donors (Lipinski definition) is 2. The molecule has 1 aliphatic heterocycles. The van der Waals surface area contributed by atoms with E-state index in [-0.39, 0.29) is 5.28 Å². The first-order valence-electron chi connectivity index (χ1n) is 8.05. The van der Waals surface area contributed by atoms with Crippen molar-refractivity contribution < 1.29 is 9.31 Å². The van der Waals surface area contributed by atoms with Crippen molar-refractivity contribution in [2.24, 2.45) is 0 Å². The van der Waals surface area contributed by atoms with Crippen LogP contribution in [0.4, 0.5) is 0 Å². The summed E-state index contributed by atoms with van der Waals surface area (Å²) in [6, 6.07) is 0. The first-order valence-corrected chi connectivity index (χ1v) is 8.81. The minimum Gasteiger partial charge on any atom is -0.400 e. The molecule has 0 amide bonds. The standard InChI is InChI=1S/C16H21BCl2N4O2/c1-15(2)16(3,4)25-17(24-15)10(8-20-5)6-9-7-21-13-11(9)12(18)22-14(19)23-13/h6-7,20H,8H2,1-5H3,(H,21,22,23). The van der Waals surface area contributed by atoms with Crippen molar-refractivity contribution in [3.8, 4) is 0 Å². The summed E-state index contributed by atoms with van der Waals surface area (Å²) in [5, 5.41) is 4.29. The number of H-pyrrole nitrogens is 1. The van der Waals surface area contributed by atoms with Crippen LogP contribution in [0.1, 0.15) is 33.3 Å². The first kappa shape index (κ1) is 18.7. The highest BCUT2D eigenvalue weighted by atomic mass is 35.5. The van der Waals surface area contributed by atoms with Gasteiger partial charge in [0.15, 0.2) is 0 Å². The van der Waals surface area contributed by atoms with Crippen LogP contribution in [0.3, 0.4) is 0 Å². The monoisotopic (exact) mass is 382 g/mol. The summed E-state index contributed by atoms with van der Waals surface area (Å²) in [4.78, 5) is 11.3. The maximum atomic E-state index is 6.26. The molecule has 1 aliphatic rings. The summed E-state index contributed by atoms with van der Waals surface area (Å²) in [5.74, 6) is 0. The summed E-state index contributed by atoms with van der Waals surface area (Å²) in [5.41, 5.74) is 1.59. The van der Waals surface area contributed by atoms with E-state index in [0.29, 0.717) is 17.3 Å². The average Bonchev–Trinajstić information content (AvgIpc) is 2.97. The minimum atomic E-state index is -0.450. The van der Waals surface area contributed by atoms with Gasteiger partial charge in [0.2, 0.25) is 5.28 Å². The minimum absolute atomic E-state index is 0.108. The van der Waals surface area contributed by atoms with E-state index in [0.717, 1.165) is 16.4 Å². The lowest BCUT2D eigenvalue weighted by Gasteiger charge is -2.32. The lowest BCUT2D eigenvalue weighted by atomic mass is 9.77. The molecule has 1 fully saturated rings. The van der Waals surface area contributed by atoms with Gasteiger partial charge in [0.25, 0.3) is 0 Å². The van der Waals surface area contributed by atoms with Gasteiger partial charge >= 0.3 is 7.12 Å². The zero-order chi connectivity index (χ0) is 18.4. The molecule has 0 radical (unpaired) electrons. The van der Waals surface area contributed by atoms with E-state index in [9.17, 15) is 0 Å². The first-order chi connectivity index (χ1) is 11.6. The molecule has 0 saturated carbocycles. The topological polar surface area (TPSA) is 72.1 Å². The van der Waals surface area contributed by atoms with E-state index in [4.69, 9.17) is 32.5 Å². The fraction of sp³-hybridized carbons (Fsp3) is 0.500. The number of likely N-dealkylation sites (N-methyl/N-ethyl adjacent to an activating group) is 1. The molecule has 0 aliphatic carbocycles. The summed E-state index contributed by atoms with van der Waals surface area (Å²) in [7, 11) is 1.43. The van der Waals surface area contributed by atoms with Crippen molar-refractivity contribution in [1.82, 2.24) is 20.3 Å². The number of hydrogen-bond acceptors (Lipinski definition) is 5. The van der Waals surface area contributed by atoms with Crippen LogP contribution in [0.2, 0.25) is 10.4 Å². The molecule has 9 heteroatoms. The summed E-state index contributed by atoms with van der Waals surface area (Å²) in [6.07, 6.45) is 3.81.